The van der Waals surface area contributed by atoms with Gasteiger partial charge in [0.05, 0.1) is 18.8 Å². The van der Waals surface area contributed by atoms with Crippen molar-refractivity contribution in [1.29, 1.82) is 0 Å². The molecule has 1 heterocycles. The molecular weight excluding hydrogens is 255 g/mol. The Morgan fingerprint density at radius 1 is 1.26 bits per heavy atom. The van der Waals surface area contributed by atoms with Gasteiger partial charge >= 0.3 is 6.18 Å². The zero-order chi connectivity index (χ0) is 13.9. The third kappa shape index (κ3) is 3.73. The molecule has 5 heteroatoms. The Morgan fingerprint density at radius 3 is 2.58 bits per heavy atom. The number of halogens is 3. The van der Waals surface area contributed by atoms with E-state index in [1.54, 1.807) is 12.1 Å². The molecule has 0 aromatic heterocycles. The van der Waals surface area contributed by atoms with Gasteiger partial charge in [-0.2, -0.15) is 13.2 Å². The second-order valence-corrected chi connectivity index (χ2v) is 4.51. The summed E-state index contributed by atoms with van der Waals surface area (Å²) in [7, 11) is 0. The first-order valence-electron chi connectivity index (χ1n) is 6.15. The molecule has 2 nitrogen and oxygen atoms in total. The number of morpholine rings is 1. The molecule has 1 aromatic carbocycles. The van der Waals surface area contributed by atoms with Gasteiger partial charge in [-0.25, -0.2) is 0 Å². The van der Waals surface area contributed by atoms with E-state index in [0.29, 0.717) is 18.8 Å². The number of ether oxygens (including phenoxy) is 1. The van der Waals surface area contributed by atoms with E-state index in [-0.39, 0.29) is 0 Å². The Kier molecular flexibility index (Phi) is 4.14. The van der Waals surface area contributed by atoms with Gasteiger partial charge in [0.2, 0.25) is 0 Å². The highest BCUT2D eigenvalue weighted by molar-refractivity contribution is 5.53. The van der Waals surface area contributed by atoms with Gasteiger partial charge in [0, 0.05) is 18.8 Å². The first kappa shape index (κ1) is 13.9. The van der Waals surface area contributed by atoms with Crippen molar-refractivity contribution in [3.05, 3.63) is 41.1 Å². The zero-order valence-corrected chi connectivity index (χ0v) is 10.7. The van der Waals surface area contributed by atoms with Gasteiger partial charge in [-0.3, -0.25) is 0 Å². The van der Waals surface area contributed by atoms with Crippen LogP contribution in [0.1, 0.15) is 18.1 Å². The second kappa shape index (κ2) is 5.65. The minimum absolute atomic E-state index is 0.568. The van der Waals surface area contributed by atoms with Crippen LogP contribution in [0.3, 0.4) is 0 Å². The van der Waals surface area contributed by atoms with Gasteiger partial charge in [-0.05, 0) is 30.7 Å². The Labute approximate surface area is 110 Å². The first-order valence-corrected chi connectivity index (χ1v) is 6.15. The van der Waals surface area contributed by atoms with Crippen molar-refractivity contribution in [3.63, 3.8) is 0 Å². The number of alkyl halides is 3. The predicted octanol–water partition coefficient (Wildman–Crippen LogP) is 3.40. The molecule has 0 aliphatic carbocycles. The van der Waals surface area contributed by atoms with E-state index in [2.05, 4.69) is 4.90 Å². The van der Waals surface area contributed by atoms with Crippen molar-refractivity contribution in [2.45, 2.75) is 13.1 Å². The van der Waals surface area contributed by atoms with Crippen molar-refractivity contribution >= 4 is 6.08 Å². The summed E-state index contributed by atoms with van der Waals surface area (Å²) in [6.45, 7) is 4.79. The highest BCUT2D eigenvalue weighted by Gasteiger charge is 2.30. The lowest BCUT2D eigenvalue weighted by Gasteiger charge is -2.29. The topological polar surface area (TPSA) is 12.5 Å². The van der Waals surface area contributed by atoms with Gasteiger partial charge in [0.1, 0.15) is 0 Å². The fraction of sp³-hybridized carbons (Fsp3) is 0.429. The van der Waals surface area contributed by atoms with Crippen LogP contribution in [0.25, 0.3) is 6.08 Å². The van der Waals surface area contributed by atoms with Crippen LogP contribution < -0.4 is 0 Å². The molecule has 0 saturated carbocycles. The van der Waals surface area contributed by atoms with Crippen LogP contribution in [0.5, 0.6) is 0 Å². The summed E-state index contributed by atoms with van der Waals surface area (Å²) >= 11 is 0. The summed E-state index contributed by atoms with van der Waals surface area (Å²) in [6, 6.07) is 5.37. The van der Waals surface area contributed by atoms with Crippen LogP contribution >= 0.6 is 0 Å². The zero-order valence-electron chi connectivity index (χ0n) is 10.7. The maximum absolute atomic E-state index is 12.6. The molecule has 0 radical (unpaired) electrons. The van der Waals surface area contributed by atoms with Crippen molar-refractivity contribution in [2.24, 2.45) is 0 Å². The summed E-state index contributed by atoms with van der Waals surface area (Å²) < 4.78 is 43.1. The number of hydrogen-bond acceptors (Lipinski definition) is 2. The molecule has 2 rings (SSSR count). The standard InChI is InChI=1S/C14H16F3NO/c1-11(18-5-7-19-8-6-18)9-12-3-2-4-13(10-12)14(15,16)17/h2-4,9-10H,5-8H2,1H3. The van der Waals surface area contributed by atoms with Crippen molar-refractivity contribution < 1.29 is 17.9 Å². The molecule has 1 aliphatic heterocycles. The van der Waals surface area contributed by atoms with Gasteiger partial charge < -0.3 is 9.64 Å². The fourth-order valence-corrected chi connectivity index (χ4v) is 2.05. The highest BCUT2D eigenvalue weighted by atomic mass is 19.4. The monoisotopic (exact) mass is 271 g/mol. The Morgan fingerprint density at radius 2 is 1.95 bits per heavy atom. The minimum Gasteiger partial charge on any atom is -0.378 e. The summed E-state index contributed by atoms with van der Waals surface area (Å²) in [4.78, 5) is 2.11. The molecule has 0 N–H and O–H groups in total. The molecule has 1 saturated heterocycles. The Balaban J connectivity index is 2.17. The molecule has 1 aromatic rings. The summed E-state index contributed by atoms with van der Waals surface area (Å²) in [6.07, 6.45) is -2.52. The minimum atomic E-state index is -4.29. The van der Waals surface area contributed by atoms with Gasteiger partial charge in [0.15, 0.2) is 0 Å². The Hall–Kier alpha value is -1.49. The molecule has 19 heavy (non-hydrogen) atoms. The molecule has 0 bridgehead atoms. The first-order chi connectivity index (χ1) is 8.97. The number of hydrogen-bond donors (Lipinski definition) is 0. The van der Waals surface area contributed by atoms with Crippen LogP contribution in [-0.4, -0.2) is 31.2 Å². The lowest BCUT2D eigenvalue weighted by atomic mass is 10.1. The van der Waals surface area contributed by atoms with E-state index in [1.807, 2.05) is 6.92 Å². The Bertz CT molecular complexity index is 462. The van der Waals surface area contributed by atoms with Gasteiger partial charge in [0.25, 0.3) is 0 Å². The van der Waals surface area contributed by atoms with Crippen LogP contribution in [-0.2, 0) is 10.9 Å². The van der Waals surface area contributed by atoms with E-state index in [0.717, 1.165) is 24.9 Å². The summed E-state index contributed by atoms with van der Waals surface area (Å²) in [5, 5.41) is 0. The lowest BCUT2D eigenvalue weighted by Crippen LogP contribution is -2.34. The second-order valence-electron chi connectivity index (χ2n) is 4.51. The van der Waals surface area contributed by atoms with Crippen molar-refractivity contribution in [1.82, 2.24) is 4.90 Å². The van der Waals surface area contributed by atoms with Crippen LogP contribution in [0.4, 0.5) is 13.2 Å². The van der Waals surface area contributed by atoms with Crippen LogP contribution in [0.2, 0.25) is 0 Å². The maximum atomic E-state index is 12.6. The van der Waals surface area contributed by atoms with E-state index in [4.69, 9.17) is 4.74 Å². The third-order valence-corrected chi connectivity index (χ3v) is 3.10. The average Bonchev–Trinajstić information content (AvgIpc) is 2.39. The number of nitrogens with zero attached hydrogens (tertiary/aromatic N) is 1. The van der Waals surface area contributed by atoms with Gasteiger partial charge in [-0.15, -0.1) is 0 Å². The molecular formula is C14H16F3NO. The van der Waals surface area contributed by atoms with E-state index in [1.165, 1.54) is 12.1 Å². The predicted molar refractivity (Wildman–Crippen MR) is 67.5 cm³/mol. The van der Waals surface area contributed by atoms with Crippen molar-refractivity contribution in [3.8, 4) is 0 Å². The molecule has 0 spiro atoms. The molecule has 0 atom stereocenters. The normalized spacial score (nSPS) is 17.7. The quantitative estimate of drug-likeness (QED) is 0.817. The van der Waals surface area contributed by atoms with E-state index in [9.17, 15) is 13.2 Å². The molecule has 1 aliphatic rings. The average molecular weight is 271 g/mol. The van der Waals surface area contributed by atoms with E-state index < -0.39 is 11.7 Å². The summed E-state index contributed by atoms with van der Waals surface area (Å²) in [5.41, 5.74) is 0.914. The number of rotatable bonds is 2. The van der Waals surface area contributed by atoms with Crippen LogP contribution in [0, 0.1) is 0 Å². The smallest absolute Gasteiger partial charge is 0.378 e. The number of allylic oxidation sites excluding steroid dienone is 1. The fourth-order valence-electron chi connectivity index (χ4n) is 2.05. The SMILES string of the molecule is CC(=Cc1cccc(C(F)(F)F)c1)N1CCOCC1. The number of benzene rings is 1. The third-order valence-electron chi connectivity index (χ3n) is 3.10. The van der Waals surface area contributed by atoms with Gasteiger partial charge in [-0.1, -0.05) is 12.1 Å². The largest absolute Gasteiger partial charge is 0.416 e. The van der Waals surface area contributed by atoms with Crippen LogP contribution in [0.15, 0.2) is 30.0 Å². The maximum Gasteiger partial charge on any atom is 0.416 e. The highest BCUT2D eigenvalue weighted by Crippen LogP contribution is 2.30. The summed E-state index contributed by atoms with van der Waals surface area (Å²) in [5.74, 6) is 0. The molecule has 104 valence electrons. The van der Waals surface area contributed by atoms with Crippen molar-refractivity contribution in [2.75, 3.05) is 26.3 Å². The lowest BCUT2D eigenvalue weighted by molar-refractivity contribution is -0.137. The molecule has 1 fully saturated rings. The molecule has 0 amide bonds. The molecule has 0 unspecified atom stereocenters. The van der Waals surface area contributed by atoms with E-state index >= 15 is 0 Å².